The Labute approximate surface area is 192 Å². The van der Waals surface area contributed by atoms with Crippen molar-refractivity contribution in [1.29, 1.82) is 0 Å². The van der Waals surface area contributed by atoms with Crippen LogP contribution in [0.3, 0.4) is 0 Å². The normalized spacial score (nSPS) is 11.6. The molecule has 0 aliphatic carbocycles. The van der Waals surface area contributed by atoms with Crippen LogP contribution in [-0.4, -0.2) is 35.9 Å². The highest BCUT2D eigenvalue weighted by molar-refractivity contribution is 6.35. The summed E-state index contributed by atoms with van der Waals surface area (Å²) in [6.07, 6.45) is 1.83. The fourth-order valence-electron chi connectivity index (χ4n) is 2.74. The third kappa shape index (κ3) is 7.08. The summed E-state index contributed by atoms with van der Waals surface area (Å²) >= 11 is 18.4. The van der Waals surface area contributed by atoms with Crippen LogP contribution >= 0.6 is 34.8 Å². The van der Waals surface area contributed by atoms with Crippen LogP contribution in [0.2, 0.25) is 15.1 Å². The van der Waals surface area contributed by atoms with Crippen molar-refractivity contribution >= 4 is 46.6 Å². The number of carbonyl (C=O) groups is 2. The number of nitrogens with one attached hydrogen (secondary N) is 1. The summed E-state index contributed by atoms with van der Waals surface area (Å²) < 4.78 is 5.59. The highest BCUT2D eigenvalue weighted by Gasteiger charge is 2.27. The van der Waals surface area contributed by atoms with Crippen LogP contribution in [0.4, 0.5) is 0 Å². The molecule has 0 fully saturated rings. The second-order valence-electron chi connectivity index (χ2n) is 6.80. The predicted molar refractivity (Wildman–Crippen MR) is 121 cm³/mol. The molecular weight excluding hydrogens is 447 g/mol. The summed E-state index contributed by atoms with van der Waals surface area (Å²) in [6.45, 7) is 4.16. The van der Waals surface area contributed by atoms with E-state index in [1.165, 1.54) is 4.90 Å². The van der Waals surface area contributed by atoms with E-state index in [9.17, 15) is 9.59 Å². The van der Waals surface area contributed by atoms with Gasteiger partial charge in [-0.2, -0.15) is 0 Å². The van der Waals surface area contributed by atoms with Gasteiger partial charge in [0.25, 0.3) is 5.91 Å². The van der Waals surface area contributed by atoms with Crippen molar-refractivity contribution in [3.63, 3.8) is 0 Å². The highest BCUT2D eigenvalue weighted by atomic mass is 35.5. The summed E-state index contributed by atoms with van der Waals surface area (Å²) in [5.74, 6) is -0.198. The number of unbranched alkanes of at least 4 members (excludes halogenated alkanes) is 1. The maximum Gasteiger partial charge on any atom is 0.261 e. The summed E-state index contributed by atoms with van der Waals surface area (Å²) in [5, 5.41) is 4.18. The second kappa shape index (κ2) is 12.0. The number of carbonyl (C=O) groups excluding carboxylic acids is 2. The van der Waals surface area contributed by atoms with Crippen molar-refractivity contribution in [2.75, 3.05) is 13.2 Å². The minimum Gasteiger partial charge on any atom is -0.482 e. The number of hydrogen-bond acceptors (Lipinski definition) is 3. The molecule has 0 bridgehead atoms. The van der Waals surface area contributed by atoms with E-state index in [0.717, 1.165) is 12.8 Å². The second-order valence-corrected chi connectivity index (χ2v) is 8.05. The number of halogens is 3. The van der Waals surface area contributed by atoms with Gasteiger partial charge in [-0.15, -0.1) is 0 Å². The number of benzene rings is 2. The number of rotatable bonds is 10. The Hall–Kier alpha value is -1.95. The third-order valence-corrected chi connectivity index (χ3v) is 5.44. The summed E-state index contributed by atoms with van der Waals surface area (Å²) in [5.41, 5.74) is 0.681. The van der Waals surface area contributed by atoms with Crippen LogP contribution in [0.25, 0.3) is 0 Å². The molecule has 0 aromatic heterocycles. The Morgan fingerprint density at radius 3 is 2.50 bits per heavy atom. The molecule has 8 heteroatoms. The van der Waals surface area contributed by atoms with Gasteiger partial charge in [-0.25, -0.2) is 0 Å². The van der Waals surface area contributed by atoms with E-state index in [0.29, 0.717) is 32.9 Å². The number of amides is 2. The zero-order valence-electron chi connectivity index (χ0n) is 17.0. The van der Waals surface area contributed by atoms with Gasteiger partial charge in [-0.05, 0) is 43.2 Å². The van der Waals surface area contributed by atoms with Crippen molar-refractivity contribution in [2.45, 2.75) is 39.3 Å². The first kappa shape index (κ1) is 24.3. The van der Waals surface area contributed by atoms with Crippen LogP contribution in [0, 0.1) is 0 Å². The van der Waals surface area contributed by atoms with Gasteiger partial charge in [0.15, 0.2) is 6.61 Å². The van der Waals surface area contributed by atoms with Crippen LogP contribution in [-0.2, 0) is 16.1 Å². The molecule has 0 radical (unpaired) electrons. The van der Waals surface area contributed by atoms with Crippen molar-refractivity contribution in [1.82, 2.24) is 10.2 Å². The SMILES string of the molecule is CCCCNC(=O)[C@H](C)N(Cc1ccc(Cl)cc1Cl)C(=O)COc1ccccc1Cl. The molecule has 0 aliphatic rings. The lowest BCUT2D eigenvalue weighted by atomic mass is 10.1. The maximum absolute atomic E-state index is 13.0. The average molecular weight is 472 g/mol. The first-order chi connectivity index (χ1) is 14.3. The fourth-order valence-corrected chi connectivity index (χ4v) is 3.39. The lowest BCUT2D eigenvalue weighted by molar-refractivity contribution is -0.142. The van der Waals surface area contributed by atoms with Crippen LogP contribution < -0.4 is 10.1 Å². The molecule has 1 atom stereocenters. The largest absolute Gasteiger partial charge is 0.482 e. The molecule has 1 N–H and O–H groups in total. The zero-order chi connectivity index (χ0) is 22.1. The van der Waals surface area contributed by atoms with Crippen molar-refractivity contribution in [3.8, 4) is 5.75 Å². The van der Waals surface area contributed by atoms with Crippen LogP contribution in [0.15, 0.2) is 42.5 Å². The van der Waals surface area contributed by atoms with Crippen LogP contribution in [0.5, 0.6) is 5.75 Å². The highest BCUT2D eigenvalue weighted by Crippen LogP contribution is 2.25. The molecule has 2 aromatic carbocycles. The first-order valence-electron chi connectivity index (χ1n) is 9.72. The topological polar surface area (TPSA) is 58.6 Å². The van der Waals surface area contributed by atoms with Gasteiger partial charge in [0, 0.05) is 23.1 Å². The van der Waals surface area contributed by atoms with Gasteiger partial charge in [-0.3, -0.25) is 9.59 Å². The number of hydrogen-bond donors (Lipinski definition) is 1. The van der Waals surface area contributed by atoms with E-state index >= 15 is 0 Å². The molecule has 0 saturated carbocycles. The lowest BCUT2D eigenvalue weighted by Crippen LogP contribution is -2.49. The van der Waals surface area contributed by atoms with Gasteiger partial charge < -0.3 is 15.0 Å². The predicted octanol–water partition coefficient (Wildman–Crippen LogP) is 5.36. The van der Waals surface area contributed by atoms with E-state index in [1.807, 2.05) is 6.92 Å². The van der Waals surface area contributed by atoms with E-state index < -0.39 is 6.04 Å². The van der Waals surface area contributed by atoms with Gasteiger partial charge in [0.1, 0.15) is 11.8 Å². The van der Waals surface area contributed by atoms with Crippen molar-refractivity contribution in [3.05, 3.63) is 63.1 Å². The maximum atomic E-state index is 13.0. The smallest absolute Gasteiger partial charge is 0.261 e. The Bertz CT molecular complexity index is 876. The quantitative estimate of drug-likeness (QED) is 0.475. The minimum absolute atomic E-state index is 0.142. The molecule has 0 saturated heterocycles. The molecule has 0 aliphatic heterocycles. The number of ether oxygens (including phenoxy) is 1. The Kier molecular flexibility index (Phi) is 9.76. The molecular formula is C22H25Cl3N2O3. The Morgan fingerprint density at radius 2 is 1.83 bits per heavy atom. The summed E-state index contributed by atoms with van der Waals surface area (Å²) in [7, 11) is 0. The average Bonchev–Trinajstić information content (AvgIpc) is 2.72. The van der Waals surface area contributed by atoms with Crippen molar-refractivity contribution < 1.29 is 14.3 Å². The molecule has 2 aromatic rings. The number of para-hydroxylation sites is 1. The zero-order valence-corrected chi connectivity index (χ0v) is 19.2. The monoisotopic (exact) mass is 470 g/mol. The Balaban J connectivity index is 2.17. The van der Waals surface area contributed by atoms with Gasteiger partial charge >= 0.3 is 0 Å². The molecule has 0 unspecified atom stereocenters. The van der Waals surface area contributed by atoms with E-state index in [4.69, 9.17) is 39.5 Å². The summed E-state index contributed by atoms with van der Waals surface area (Å²) in [6, 6.07) is 11.2. The summed E-state index contributed by atoms with van der Waals surface area (Å²) in [4.78, 5) is 27.0. The van der Waals surface area contributed by atoms with E-state index in [2.05, 4.69) is 5.32 Å². The minimum atomic E-state index is -0.712. The molecule has 0 heterocycles. The Morgan fingerprint density at radius 1 is 1.10 bits per heavy atom. The fraction of sp³-hybridized carbons (Fsp3) is 0.364. The first-order valence-corrected chi connectivity index (χ1v) is 10.8. The van der Waals surface area contributed by atoms with E-state index in [-0.39, 0.29) is 25.0 Å². The van der Waals surface area contributed by atoms with Crippen LogP contribution in [0.1, 0.15) is 32.3 Å². The molecule has 2 rings (SSSR count). The van der Waals surface area contributed by atoms with Gasteiger partial charge in [0.05, 0.1) is 5.02 Å². The molecule has 0 spiro atoms. The van der Waals surface area contributed by atoms with Crippen molar-refractivity contribution in [2.24, 2.45) is 0 Å². The molecule has 5 nitrogen and oxygen atoms in total. The molecule has 30 heavy (non-hydrogen) atoms. The number of nitrogens with zero attached hydrogens (tertiary/aromatic N) is 1. The lowest BCUT2D eigenvalue weighted by Gasteiger charge is -2.29. The third-order valence-electron chi connectivity index (χ3n) is 4.54. The standard InChI is InChI=1S/C22H25Cl3N2O3/c1-3-4-11-26-22(29)15(2)27(13-16-9-10-17(23)12-19(16)25)21(28)14-30-20-8-6-5-7-18(20)24/h5-10,12,15H,3-4,11,13-14H2,1-2H3,(H,26,29)/t15-/m0/s1. The van der Waals surface area contributed by atoms with E-state index in [1.54, 1.807) is 49.4 Å². The van der Waals surface area contributed by atoms with Gasteiger partial charge in [0.2, 0.25) is 5.91 Å². The van der Waals surface area contributed by atoms with Gasteiger partial charge in [-0.1, -0.05) is 66.3 Å². The molecule has 2 amide bonds. The molecule has 162 valence electrons.